The highest BCUT2D eigenvalue weighted by Gasteiger charge is 2.10. The van der Waals surface area contributed by atoms with Crippen LogP contribution < -0.4 is 10.9 Å². The van der Waals surface area contributed by atoms with Crippen LogP contribution in [0.25, 0.3) is 10.9 Å². The molecule has 2 N–H and O–H groups in total. The molecular weight excluding hydrogens is 314 g/mol. The number of para-hydroxylation sites is 1. The quantitative estimate of drug-likeness (QED) is 0.717. The summed E-state index contributed by atoms with van der Waals surface area (Å²) in [7, 11) is 0. The zero-order chi connectivity index (χ0) is 15.0. The van der Waals surface area contributed by atoms with Crippen molar-refractivity contribution in [2.45, 2.75) is 0 Å². The molecule has 0 aliphatic carbocycles. The normalized spacial score (nSPS) is 10.8. The van der Waals surface area contributed by atoms with Crippen molar-refractivity contribution in [2.75, 3.05) is 5.32 Å². The number of hydrogen-bond acceptors (Lipinski definition) is 2. The summed E-state index contributed by atoms with van der Waals surface area (Å²) in [6.45, 7) is 0. The Kier molecular flexibility index (Phi) is 3.57. The second-order valence-corrected chi connectivity index (χ2v) is 5.22. The van der Waals surface area contributed by atoms with Crippen LogP contribution in [-0.2, 0) is 0 Å². The zero-order valence-electron chi connectivity index (χ0n) is 10.6. The third-order valence-electron chi connectivity index (χ3n) is 3.05. The number of aromatic nitrogens is 1. The summed E-state index contributed by atoms with van der Waals surface area (Å²) in [5.41, 5.74) is 0.733. The fourth-order valence-electron chi connectivity index (χ4n) is 2.09. The lowest BCUT2D eigenvalue weighted by Gasteiger charge is -2.11. The number of rotatable bonds is 2. The van der Waals surface area contributed by atoms with Crippen molar-refractivity contribution in [3.8, 4) is 0 Å². The average Bonchev–Trinajstić information content (AvgIpc) is 2.45. The van der Waals surface area contributed by atoms with Crippen molar-refractivity contribution in [1.82, 2.24) is 4.98 Å². The lowest BCUT2D eigenvalue weighted by molar-refractivity contribution is 0.636. The molecule has 0 fully saturated rings. The monoisotopic (exact) mass is 322 g/mol. The molecular formula is C15H9Cl2FN2O. The van der Waals surface area contributed by atoms with E-state index in [9.17, 15) is 9.18 Å². The summed E-state index contributed by atoms with van der Waals surface area (Å²) in [6.07, 6.45) is 0. The Labute approximate surface area is 129 Å². The Hall–Kier alpha value is -2.04. The molecule has 3 rings (SSSR count). The summed E-state index contributed by atoms with van der Waals surface area (Å²) in [5, 5.41) is 4.30. The van der Waals surface area contributed by atoms with Crippen molar-refractivity contribution in [3.63, 3.8) is 0 Å². The van der Waals surface area contributed by atoms with Crippen LogP contribution in [0.3, 0.4) is 0 Å². The number of pyridine rings is 1. The minimum Gasteiger partial charge on any atom is -0.354 e. The van der Waals surface area contributed by atoms with E-state index in [4.69, 9.17) is 23.2 Å². The maximum atomic E-state index is 13.8. The van der Waals surface area contributed by atoms with Crippen LogP contribution in [0.5, 0.6) is 0 Å². The minimum atomic E-state index is -0.495. The Bertz CT molecular complexity index is 892. The van der Waals surface area contributed by atoms with Crippen LogP contribution in [-0.4, -0.2) is 4.98 Å². The summed E-state index contributed by atoms with van der Waals surface area (Å²) < 4.78 is 13.8. The molecule has 3 nitrogen and oxygen atoms in total. The molecule has 0 spiro atoms. The first-order valence-electron chi connectivity index (χ1n) is 6.09. The van der Waals surface area contributed by atoms with E-state index in [1.165, 1.54) is 12.1 Å². The van der Waals surface area contributed by atoms with Crippen molar-refractivity contribution < 1.29 is 4.39 Å². The number of nitrogens with one attached hydrogen (secondary N) is 2. The minimum absolute atomic E-state index is 0.144. The maximum absolute atomic E-state index is 13.8. The van der Waals surface area contributed by atoms with E-state index in [0.29, 0.717) is 26.8 Å². The van der Waals surface area contributed by atoms with E-state index in [2.05, 4.69) is 10.3 Å². The van der Waals surface area contributed by atoms with Gasteiger partial charge in [-0.15, -0.1) is 0 Å². The van der Waals surface area contributed by atoms with Gasteiger partial charge in [-0.2, -0.15) is 0 Å². The smallest absolute Gasteiger partial charge is 0.250 e. The van der Waals surface area contributed by atoms with Gasteiger partial charge in [0.05, 0.1) is 26.9 Å². The van der Waals surface area contributed by atoms with Gasteiger partial charge in [0.1, 0.15) is 5.82 Å². The van der Waals surface area contributed by atoms with Gasteiger partial charge in [-0.25, -0.2) is 4.39 Å². The van der Waals surface area contributed by atoms with Crippen LogP contribution in [0.4, 0.5) is 15.8 Å². The van der Waals surface area contributed by atoms with Crippen LogP contribution >= 0.6 is 23.2 Å². The SMILES string of the molecule is O=c1cc(Nc2cccc(Cl)c2Cl)c2cccc(F)c2[nH]1. The Morgan fingerprint density at radius 1 is 1.05 bits per heavy atom. The topological polar surface area (TPSA) is 44.9 Å². The molecule has 0 aliphatic heterocycles. The van der Waals surface area contributed by atoms with Gasteiger partial charge in [0.25, 0.3) is 5.56 Å². The van der Waals surface area contributed by atoms with Crippen LogP contribution in [0.2, 0.25) is 10.0 Å². The van der Waals surface area contributed by atoms with Gasteiger partial charge in [0.15, 0.2) is 0 Å². The Morgan fingerprint density at radius 3 is 2.62 bits per heavy atom. The summed E-state index contributed by atoms with van der Waals surface area (Å²) in [6, 6.07) is 11.0. The molecule has 0 aliphatic rings. The predicted octanol–water partition coefficient (Wildman–Crippen LogP) is 4.72. The molecule has 0 atom stereocenters. The zero-order valence-corrected chi connectivity index (χ0v) is 12.1. The number of anilines is 2. The Balaban J connectivity index is 2.19. The van der Waals surface area contributed by atoms with E-state index in [1.807, 2.05) is 0 Å². The van der Waals surface area contributed by atoms with Crippen molar-refractivity contribution in [2.24, 2.45) is 0 Å². The first-order valence-corrected chi connectivity index (χ1v) is 6.84. The first kappa shape index (κ1) is 13.9. The second kappa shape index (κ2) is 5.39. The largest absolute Gasteiger partial charge is 0.354 e. The van der Waals surface area contributed by atoms with Crippen molar-refractivity contribution in [3.05, 3.63) is 68.7 Å². The molecule has 0 unspecified atom stereocenters. The Morgan fingerprint density at radius 2 is 1.81 bits per heavy atom. The number of benzene rings is 2. The molecule has 6 heteroatoms. The maximum Gasteiger partial charge on any atom is 0.250 e. The van der Waals surface area contributed by atoms with E-state index in [0.717, 1.165) is 0 Å². The number of H-pyrrole nitrogens is 1. The highest BCUT2D eigenvalue weighted by molar-refractivity contribution is 6.43. The average molecular weight is 323 g/mol. The van der Waals surface area contributed by atoms with Gasteiger partial charge in [0, 0.05) is 11.5 Å². The molecule has 106 valence electrons. The fourth-order valence-corrected chi connectivity index (χ4v) is 2.44. The number of halogens is 3. The number of hydrogen-bond donors (Lipinski definition) is 2. The molecule has 0 amide bonds. The highest BCUT2D eigenvalue weighted by atomic mass is 35.5. The van der Waals surface area contributed by atoms with E-state index >= 15 is 0 Å². The number of fused-ring (bicyclic) bond motifs is 1. The number of aromatic amines is 1. The summed E-state index contributed by atoms with van der Waals surface area (Å²) in [4.78, 5) is 14.2. The van der Waals surface area contributed by atoms with Gasteiger partial charge in [-0.3, -0.25) is 4.79 Å². The fraction of sp³-hybridized carbons (Fsp3) is 0. The van der Waals surface area contributed by atoms with Crippen LogP contribution in [0.15, 0.2) is 47.3 Å². The summed E-state index contributed by atoms with van der Waals surface area (Å²) in [5.74, 6) is -0.495. The van der Waals surface area contributed by atoms with Gasteiger partial charge in [-0.1, -0.05) is 41.4 Å². The molecule has 1 heterocycles. The third kappa shape index (κ3) is 2.60. The van der Waals surface area contributed by atoms with E-state index < -0.39 is 11.4 Å². The van der Waals surface area contributed by atoms with Gasteiger partial charge in [-0.05, 0) is 18.2 Å². The van der Waals surface area contributed by atoms with Crippen molar-refractivity contribution >= 4 is 45.5 Å². The molecule has 3 aromatic rings. The van der Waals surface area contributed by atoms with Gasteiger partial charge >= 0.3 is 0 Å². The van der Waals surface area contributed by atoms with Gasteiger partial charge < -0.3 is 10.3 Å². The molecule has 0 radical (unpaired) electrons. The molecule has 21 heavy (non-hydrogen) atoms. The van der Waals surface area contributed by atoms with E-state index in [1.54, 1.807) is 30.3 Å². The molecule has 2 aromatic carbocycles. The lowest BCUT2D eigenvalue weighted by Crippen LogP contribution is -2.07. The van der Waals surface area contributed by atoms with Crippen LogP contribution in [0.1, 0.15) is 0 Å². The van der Waals surface area contributed by atoms with Crippen molar-refractivity contribution in [1.29, 1.82) is 0 Å². The molecule has 0 saturated carbocycles. The third-order valence-corrected chi connectivity index (χ3v) is 3.87. The summed E-state index contributed by atoms with van der Waals surface area (Å²) >= 11 is 12.1. The predicted molar refractivity (Wildman–Crippen MR) is 84.3 cm³/mol. The second-order valence-electron chi connectivity index (χ2n) is 4.44. The molecule has 0 bridgehead atoms. The standard InChI is InChI=1S/C15H9Cl2FN2O/c16-9-4-2-6-11(14(9)17)19-12-7-13(21)20-15-8(12)3-1-5-10(15)18/h1-7H,(H2,19,20,21). The van der Waals surface area contributed by atoms with E-state index in [-0.39, 0.29) is 5.52 Å². The first-order chi connectivity index (χ1) is 10.1. The van der Waals surface area contributed by atoms with Crippen LogP contribution in [0, 0.1) is 5.82 Å². The molecule has 1 aromatic heterocycles. The van der Waals surface area contributed by atoms with Gasteiger partial charge in [0.2, 0.25) is 0 Å². The highest BCUT2D eigenvalue weighted by Crippen LogP contribution is 2.33. The molecule has 0 saturated heterocycles. The lowest BCUT2D eigenvalue weighted by atomic mass is 10.1.